The van der Waals surface area contributed by atoms with Crippen LogP contribution in [0.2, 0.25) is 5.02 Å². The van der Waals surface area contributed by atoms with Gasteiger partial charge in [-0.05, 0) is 31.2 Å². The van der Waals surface area contributed by atoms with Crippen LogP contribution in [-0.2, 0) is 21.3 Å². The van der Waals surface area contributed by atoms with E-state index in [4.69, 9.17) is 16.3 Å². The van der Waals surface area contributed by atoms with Crippen LogP contribution in [0, 0.1) is 0 Å². The predicted molar refractivity (Wildman–Crippen MR) is 78.4 cm³/mol. The monoisotopic (exact) mass is 318 g/mol. The second-order valence-electron chi connectivity index (χ2n) is 4.79. The molecule has 0 amide bonds. The van der Waals surface area contributed by atoms with Gasteiger partial charge in [0.25, 0.3) is 0 Å². The lowest BCUT2D eigenvalue weighted by atomic mass is 10.2. The molecule has 1 atom stereocenters. The summed E-state index contributed by atoms with van der Waals surface area (Å²) in [5, 5.41) is 3.45. The number of nitrogens with zero attached hydrogens (tertiary/aromatic N) is 1. The molecule has 20 heavy (non-hydrogen) atoms. The van der Waals surface area contributed by atoms with E-state index in [0.717, 1.165) is 12.0 Å². The minimum atomic E-state index is -3.49. The van der Waals surface area contributed by atoms with Gasteiger partial charge in [0.2, 0.25) is 10.0 Å². The summed E-state index contributed by atoms with van der Waals surface area (Å²) in [6, 6.07) is 4.87. The SMILES string of the molecule is CNCc1ccc(S(=O)(=O)N2CCC(OC)C2)cc1Cl. The van der Waals surface area contributed by atoms with Crippen LogP contribution < -0.4 is 5.32 Å². The van der Waals surface area contributed by atoms with Crippen molar-refractivity contribution in [1.82, 2.24) is 9.62 Å². The summed E-state index contributed by atoms with van der Waals surface area (Å²) < 4.78 is 31.7. The van der Waals surface area contributed by atoms with Crippen LogP contribution in [0.5, 0.6) is 0 Å². The number of sulfonamides is 1. The van der Waals surface area contributed by atoms with Crippen molar-refractivity contribution in [3.05, 3.63) is 28.8 Å². The smallest absolute Gasteiger partial charge is 0.243 e. The molecular weight excluding hydrogens is 300 g/mol. The first-order chi connectivity index (χ1) is 9.48. The lowest BCUT2D eigenvalue weighted by molar-refractivity contribution is 0.115. The Hall–Kier alpha value is -0.660. The Balaban J connectivity index is 2.24. The van der Waals surface area contributed by atoms with Crippen LogP contribution in [0.15, 0.2) is 23.1 Å². The van der Waals surface area contributed by atoms with E-state index in [-0.39, 0.29) is 11.0 Å². The van der Waals surface area contributed by atoms with Crippen LogP contribution in [-0.4, -0.2) is 46.1 Å². The molecule has 0 saturated carbocycles. The van der Waals surface area contributed by atoms with Crippen LogP contribution in [0.25, 0.3) is 0 Å². The third-order valence-corrected chi connectivity index (χ3v) is 5.68. The normalized spacial score (nSPS) is 20.4. The molecule has 0 spiro atoms. The predicted octanol–water partition coefficient (Wildman–Crippen LogP) is 1.47. The number of benzene rings is 1. The fourth-order valence-corrected chi connectivity index (χ4v) is 4.11. The van der Waals surface area contributed by atoms with Crippen molar-refractivity contribution in [1.29, 1.82) is 0 Å². The van der Waals surface area contributed by atoms with Gasteiger partial charge in [0.15, 0.2) is 0 Å². The summed E-state index contributed by atoms with van der Waals surface area (Å²) >= 11 is 6.13. The van der Waals surface area contributed by atoms with Crippen LogP contribution in [0.4, 0.5) is 0 Å². The average molecular weight is 319 g/mol. The van der Waals surface area contributed by atoms with Gasteiger partial charge >= 0.3 is 0 Å². The van der Waals surface area contributed by atoms with E-state index in [1.54, 1.807) is 19.2 Å². The fourth-order valence-electron chi connectivity index (χ4n) is 2.28. The number of ether oxygens (including phenoxy) is 1. The van der Waals surface area contributed by atoms with Crippen LogP contribution in [0.1, 0.15) is 12.0 Å². The summed E-state index contributed by atoms with van der Waals surface area (Å²) in [7, 11) is -0.0705. The Morgan fingerprint density at radius 2 is 2.25 bits per heavy atom. The molecule has 0 radical (unpaired) electrons. The molecule has 7 heteroatoms. The Morgan fingerprint density at radius 1 is 1.50 bits per heavy atom. The Bertz CT molecular complexity index is 577. The van der Waals surface area contributed by atoms with Crippen molar-refractivity contribution >= 4 is 21.6 Å². The zero-order valence-electron chi connectivity index (χ0n) is 11.6. The third-order valence-electron chi connectivity index (χ3n) is 3.47. The van der Waals surface area contributed by atoms with Crippen LogP contribution in [0.3, 0.4) is 0 Å². The largest absolute Gasteiger partial charge is 0.380 e. The second kappa shape index (κ2) is 6.41. The van der Waals surface area contributed by atoms with E-state index in [1.807, 2.05) is 7.05 Å². The van der Waals surface area contributed by atoms with Gasteiger partial charge in [0.1, 0.15) is 0 Å². The molecule has 1 N–H and O–H groups in total. The summed E-state index contributed by atoms with van der Waals surface area (Å²) in [6.45, 7) is 1.49. The van der Waals surface area contributed by atoms with Crippen LogP contribution >= 0.6 is 11.6 Å². The van der Waals surface area contributed by atoms with Gasteiger partial charge in [-0.15, -0.1) is 0 Å². The Kier molecular flexibility index (Phi) is 5.04. The van der Waals surface area contributed by atoms with Gasteiger partial charge in [0, 0.05) is 31.8 Å². The highest BCUT2D eigenvalue weighted by Crippen LogP contribution is 2.26. The lowest BCUT2D eigenvalue weighted by Gasteiger charge is -2.17. The highest BCUT2D eigenvalue weighted by Gasteiger charge is 2.32. The standard InChI is InChI=1S/C13H19ClN2O3S/c1-15-8-10-3-4-12(7-13(10)14)20(17,18)16-6-5-11(9-16)19-2/h3-4,7,11,15H,5-6,8-9H2,1-2H3. The molecule has 0 aromatic heterocycles. The summed E-state index contributed by atoms with van der Waals surface area (Å²) in [4.78, 5) is 0.235. The second-order valence-corrected chi connectivity index (χ2v) is 7.14. The zero-order chi connectivity index (χ0) is 14.8. The van der Waals surface area contributed by atoms with Crippen molar-refractivity contribution in [3.63, 3.8) is 0 Å². The van der Waals surface area contributed by atoms with Crippen molar-refractivity contribution in [2.75, 3.05) is 27.2 Å². The molecular formula is C13H19ClN2O3S. The topological polar surface area (TPSA) is 58.6 Å². The highest BCUT2D eigenvalue weighted by molar-refractivity contribution is 7.89. The quantitative estimate of drug-likeness (QED) is 0.893. The minimum Gasteiger partial charge on any atom is -0.380 e. The molecule has 1 aromatic rings. The number of rotatable bonds is 5. The minimum absolute atomic E-state index is 0.0242. The van der Waals surface area contributed by atoms with Crippen molar-refractivity contribution < 1.29 is 13.2 Å². The summed E-state index contributed by atoms with van der Waals surface area (Å²) in [5.74, 6) is 0. The molecule has 2 rings (SSSR count). The maximum Gasteiger partial charge on any atom is 0.243 e. The molecule has 1 aliphatic rings. The van der Waals surface area contributed by atoms with Gasteiger partial charge in [-0.1, -0.05) is 17.7 Å². The van der Waals surface area contributed by atoms with Crippen molar-refractivity contribution in [2.24, 2.45) is 0 Å². The Morgan fingerprint density at radius 3 is 2.80 bits per heavy atom. The highest BCUT2D eigenvalue weighted by atomic mass is 35.5. The van der Waals surface area contributed by atoms with E-state index < -0.39 is 10.0 Å². The molecule has 0 aliphatic carbocycles. The summed E-state index contributed by atoms with van der Waals surface area (Å²) in [6.07, 6.45) is 0.699. The molecule has 1 aliphatic heterocycles. The van der Waals surface area contributed by atoms with Gasteiger partial charge in [-0.2, -0.15) is 4.31 Å². The third kappa shape index (κ3) is 3.15. The molecule has 1 saturated heterocycles. The Labute approximate surface area is 124 Å². The molecule has 1 aromatic carbocycles. The van der Waals surface area contributed by atoms with Gasteiger partial charge in [-0.3, -0.25) is 0 Å². The lowest BCUT2D eigenvalue weighted by Crippen LogP contribution is -2.30. The average Bonchev–Trinajstić information content (AvgIpc) is 2.90. The number of hydrogen-bond donors (Lipinski definition) is 1. The van der Waals surface area contributed by atoms with E-state index in [2.05, 4.69) is 5.32 Å². The number of halogens is 1. The molecule has 1 fully saturated rings. The molecule has 112 valence electrons. The first kappa shape index (κ1) is 15.7. The maximum absolute atomic E-state index is 12.5. The maximum atomic E-state index is 12.5. The van der Waals surface area contributed by atoms with E-state index in [0.29, 0.717) is 24.7 Å². The van der Waals surface area contributed by atoms with Gasteiger partial charge in [-0.25, -0.2) is 8.42 Å². The van der Waals surface area contributed by atoms with Gasteiger partial charge in [0.05, 0.1) is 11.0 Å². The molecule has 5 nitrogen and oxygen atoms in total. The first-order valence-corrected chi connectivity index (χ1v) is 8.27. The van der Waals surface area contributed by atoms with E-state index in [1.165, 1.54) is 10.4 Å². The molecule has 0 bridgehead atoms. The number of nitrogens with one attached hydrogen (secondary N) is 1. The first-order valence-electron chi connectivity index (χ1n) is 6.45. The van der Waals surface area contributed by atoms with Gasteiger partial charge < -0.3 is 10.1 Å². The van der Waals surface area contributed by atoms with Crippen molar-refractivity contribution in [2.45, 2.75) is 24.0 Å². The summed E-state index contributed by atoms with van der Waals surface area (Å²) in [5.41, 5.74) is 0.879. The number of methoxy groups -OCH3 is 1. The van der Waals surface area contributed by atoms with Crippen molar-refractivity contribution in [3.8, 4) is 0 Å². The fraction of sp³-hybridized carbons (Fsp3) is 0.538. The zero-order valence-corrected chi connectivity index (χ0v) is 13.2. The molecule has 1 heterocycles. The molecule has 1 unspecified atom stereocenters. The number of hydrogen-bond acceptors (Lipinski definition) is 4. The van der Waals surface area contributed by atoms with E-state index >= 15 is 0 Å². The van der Waals surface area contributed by atoms with E-state index in [9.17, 15) is 8.42 Å².